The molecule has 1 N–H and O–H groups in total. The fourth-order valence-electron chi connectivity index (χ4n) is 3.66. The molecule has 0 saturated carbocycles. The lowest BCUT2D eigenvalue weighted by atomic mass is 10.1. The average Bonchev–Trinajstić information content (AvgIpc) is 3.27. The molecule has 0 unspecified atom stereocenters. The number of hydrogen-bond acceptors (Lipinski definition) is 6. The topological polar surface area (TPSA) is 73.9 Å². The highest BCUT2D eigenvalue weighted by molar-refractivity contribution is 7.17. The summed E-state index contributed by atoms with van der Waals surface area (Å²) in [5, 5.41) is 3.49. The van der Waals surface area contributed by atoms with Crippen molar-refractivity contribution >= 4 is 34.3 Å². The van der Waals surface area contributed by atoms with Crippen molar-refractivity contribution in [2.24, 2.45) is 0 Å². The summed E-state index contributed by atoms with van der Waals surface area (Å²) < 4.78 is 16.1. The van der Waals surface area contributed by atoms with Crippen LogP contribution in [0.25, 0.3) is 6.08 Å². The molecule has 1 aliphatic carbocycles. The fourth-order valence-corrected chi connectivity index (χ4v) is 4.94. The number of fused-ring (bicyclic) bond motifs is 2. The Morgan fingerprint density at radius 2 is 2.00 bits per heavy atom. The lowest BCUT2D eigenvalue weighted by Crippen LogP contribution is -2.13. The van der Waals surface area contributed by atoms with E-state index in [1.807, 2.05) is 25.1 Å². The van der Waals surface area contributed by atoms with Gasteiger partial charge >= 0.3 is 5.97 Å². The maximum atomic E-state index is 12.7. The zero-order chi connectivity index (χ0) is 20.9. The number of ether oxygens (including phenoxy) is 3. The lowest BCUT2D eigenvalue weighted by Gasteiger charge is -2.08. The highest BCUT2D eigenvalue weighted by Crippen LogP contribution is 2.38. The molecule has 0 bridgehead atoms. The van der Waals surface area contributed by atoms with Gasteiger partial charge in [0.2, 0.25) is 12.7 Å². The van der Waals surface area contributed by atoms with Gasteiger partial charge in [-0.05, 0) is 61.4 Å². The number of carbonyl (C=O) groups is 2. The minimum absolute atomic E-state index is 0.211. The van der Waals surface area contributed by atoms with Crippen molar-refractivity contribution in [2.75, 3.05) is 18.7 Å². The molecule has 7 heteroatoms. The Labute approximate surface area is 179 Å². The summed E-state index contributed by atoms with van der Waals surface area (Å²) in [6.07, 6.45) is 9.04. The highest BCUT2D eigenvalue weighted by Gasteiger charge is 2.26. The van der Waals surface area contributed by atoms with Crippen molar-refractivity contribution in [2.45, 2.75) is 45.4 Å². The zero-order valence-electron chi connectivity index (χ0n) is 17.0. The van der Waals surface area contributed by atoms with Gasteiger partial charge in [-0.1, -0.05) is 19.4 Å². The van der Waals surface area contributed by atoms with Gasteiger partial charge < -0.3 is 19.5 Å². The Hall–Kier alpha value is -2.80. The normalized spacial score (nSPS) is 15.0. The number of thiophene rings is 1. The van der Waals surface area contributed by atoms with E-state index in [-0.39, 0.29) is 18.7 Å². The number of esters is 1. The van der Waals surface area contributed by atoms with Crippen LogP contribution in [0.2, 0.25) is 0 Å². The number of anilines is 1. The van der Waals surface area contributed by atoms with Crippen molar-refractivity contribution in [1.82, 2.24) is 0 Å². The van der Waals surface area contributed by atoms with E-state index in [0.29, 0.717) is 28.7 Å². The Bertz CT molecular complexity index is 978. The molecule has 158 valence electrons. The molecule has 6 nitrogen and oxygen atoms in total. The van der Waals surface area contributed by atoms with Crippen LogP contribution in [0.15, 0.2) is 24.3 Å². The second kappa shape index (κ2) is 9.34. The van der Waals surface area contributed by atoms with Crippen LogP contribution >= 0.6 is 11.3 Å². The molecule has 1 amide bonds. The van der Waals surface area contributed by atoms with Crippen molar-refractivity contribution in [3.05, 3.63) is 45.8 Å². The number of carbonyl (C=O) groups excluding carboxylic acids is 2. The number of amides is 1. The summed E-state index contributed by atoms with van der Waals surface area (Å²) in [4.78, 5) is 26.5. The van der Waals surface area contributed by atoms with E-state index in [9.17, 15) is 9.59 Å². The maximum Gasteiger partial charge on any atom is 0.341 e. The molecule has 0 radical (unpaired) electrons. The Morgan fingerprint density at radius 3 is 2.87 bits per heavy atom. The van der Waals surface area contributed by atoms with E-state index in [1.165, 1.54) is 22.3 Å². The van der Waals surface area contributed by atoms with Crippen LogP contribution in [0.3, 0.4) is 0 Å². The lowest BCUT2D eigenvalue weighted by molar-refractivity contribution is -0.111. The van der Waals surface area contributed by atoms with Crippen LogP contribution < -0.4 is 14.8 Å². The monoisotopic (exact) mass is 427 g/mol. The van der Waals surface area contributed by atoms with Gasteiger partial charge in [-0.15, -0.1) is 11.3 Å². The quantitative estimate of drug-likeness (QED) is 0.400. The van der Waals surface area contributed by atoms with Crippen molar-refractivity contribution in [3.63, 3.8) is 0 Å². The van der Waals surface area contributed by atoms with Crippen molar-refractivity contribution in [1.29, 1.82) is 0 Å². The van der Waals surface area contributed by atoms with Gasteiger partial charge in [0.15, 0.2) is 11.5 Å². The third kappa shape index (κ3) is 4.51. The predicted octanol–water partition coefficient (Wildman–Crippen LogP) is 4.96. The molecule has 2 aliphatic rings. The summed E-state index contributed by atoms with van der Waals surface area (Å²) in [5.41, 5.74) is 2.42. The predicted molar refractivity (Wildman–Crippen MR) is 116 cm³/mol. The standard InChI is InChI=1S/C23H25NO5S/c1-2-12-27-23(26)21-16-6-4-3-5-7-19(16)30-22(21)24-20(25)11-9-15-8-10-17-18(13-15)29-14-28-17/h8-11,13H,2-7,12,14H2,1H3,(H,24,25). The fraction of sp³-hybridized carbons (Fsp3) is 0.391. The smallest absolute Gasteiger partial charge is 0.341 e. The van der Waals surface area contributed by atoms with Gasteiger partial charge in [-0.2, -0.15) is 0 Å². The van der Waals surface area contributed by atoms with Crippen LogP contribution in [-0.4, -0.2) is 25.3 Å². The molecule has 1 aromatic heterocycles. The Kier molecular flexibility index (Phi) is 6.38. The van der Waals surface area contributed by atoms with E-state index in [1.54, 1.807) is 6.08 Å². The van der Waals surface area contributed by atoms with Crippen LogP contribution in [0.1, 0.15) is 59.0 Å². The maximum absolute atomic E-state index is 12.7. The van der Waals surface area contributed by atoms with Gasteiger partial charge in [-0.3, -0.25) is 4.79 Å². The van der Waals surface area contributed by atoms with E-state index < -0.39 is 0 Å². The van der Waals surface area contributed by atoms with Crippen LogP contribution in [0.4, 0.5) is 5.00 Å². The first-order valence-corrected chi connectivity index (χ1v) is 11.2. The summed E-state index contributed by atoms with van der Waals surface area (Å²) >= 11 is 1.50. The van der Waals surface area contributed by atoms with E-state index in [4.69, 9.17) is 14.2 Å². The first-order chi connectivity index (χ1) is 14.7. The average molecular weight is 428 g/mol. The molecule has 0 saturated heterocycles. The molecule has 0 fully saturated rings. The first kappa shape index (κ1) is 20.5. The molecular formula is C23H25NO5S. The number of hydrogen-bond donors (Lipinski definition) is 1. The molecule has 2 heterocycles. The third-order valence-corrected chi connectivity index (χ3v) is 6.33. The summed E-state index contributed by atoms with van der Waals surface area (Å²) in [6.45, 7) is 2.55. The second-order valence-corrected chi connectivity index (χ2v) is 8.44. The molecule has 1 aromatic carbocycles. The Morgan fingerprint density at radius 1 is 1.17 bits per heavy atom. The molecule has 2 aromatic rings. The molecule has 4 rings (SSSR count). The summed E-state index contributed by atoms with van der Waals surface area (Å²) in [7, 11) is 0. The minimum Gasteiger partial charge on any atom is -0.462 e. The Balaban J connectivity index is 1.52. The van der Waals surface area contributed by atoms with Gasteiger partial charge in [-0.25, -0.2) is 4.79 Å². The highest BCUT2D eigenvalue weighted by atomic mass is 32.1. The van der Waals surface area contributed by atoms with Crippen LogP contribution in [-0.2, 0) is 22.4 Å². The van der Waals surface area contributed by atoms with Crippen molar-refractivity contribution in [3.8, 4) is 11.5 Å². The van der Waals surface area contributed by atoms with Gasteiger partial charge in [0.05, 0.1) is 12.2 Å². The molecule has 0 atom stereocenters. The number of rotatable bonds is 6. The SMILES string of the molecule is CCCOC(=O)c1c(NC(=O)C=Cc2ccc3c(c2)OCO3)sc2c1CCCCC2. The number of nitrogens with one attached hydrogen (secondary N) is 1. The van der Waals surface area contributed by atoms with Crippen molar-refractivity contribution < 1.29 is 23.8 Å². The molecule has 0 spiro atoms. The molecular weight excluding hydrogens is 402 g/mol. The minimum atomic E-state index is -0.341. The van der Waals surface area contributed by atoms with E-state index in [2.05, 4.69) is 5.32 Å². The first-order valence-electron chi connectivity index (χ1n) is 10.4. The second-order valence-electron chi connectivity index (χ2n) is 7.34. The number of benzene rings is 1. The van der Waals surface area contributed by atoms with Crippen LogP contribution in [0, 0.1) is 0 Å². The molecule has 30 heavy (non-hydrogen) atoms. The number of aryl methyl sites for hydroxylation is 1. The third-order valence-electron chi connectivity index (χ3n) is 5.12. The van der Waals surface area contributed by atoms with E-state index >= 15 is 0 Å². The molecule has 1 aliphatic heterocycles. The van der Waals surface area contributed by atoms with Gasteiger partial charge in [0, 0.05) is 11.0 Å². The zero-order valence-corrected chi connectivity index (χ0v) is 17.8. The summed E-state index contributed by atoms with van der Waals surface area (Å²) in [6, 6.07) is 5.50. The largest absolute Gasteiger partial charge is 0.462 e. The van der Waals surface area contributed by atoms with Gasteiger partial charge in [0.25, 0.3) is 0 Å². The van der Waals surface area contributed by atoms with E-state index in [0.717, 1.165) is 49.7 Å². The summed E-state index contributed by atoms with van der Waals surface area (Å²) in [5.74, 6) is 0.743. The van der Waals surface area contributed by atoms with Gasteiger partial charge in [0.1, 0.15) is 5.00 Å². The van der Waals surface area contributed by atoms with Crippen LogP contribution in [0.5, 0.6) is 11.5 Å².